The van der Waals surface area contributed by atoms with E-state index in [9.17, 15) is 10.5 Å². The number of hydrogen-bond acceptors (Lipinski definition) is 7. The molecule has 8 heteroatoms. The maximum atomic E-state index is 9.93. The summed E-state index contributed by atoms with van der Waals surface area (Å²) in [5.74, 6) is 2.84. The third-order valence-electron chi connectivity index (χ3n) is 11.6. The van der Waals surface area contributed by atoms with Gasteiger partial charge in [0.25, 0.3) is 0 Å². The van der Waals surface area contributed by atoms with Crippen molar-refractivity contribution >= 4 is 38.9 Å². The lowest BCUT2D eigenvalue weighted by Gasteiger charge is -2.42. The van der Waals surface area contributed by atoms with Crippen LogP contribution in [-0.2, 0) is 5.41 Å². The second-order valence-electron chi connectivity index (χ2n) is 14.4. The third-order valence-corrected chi connectivity index (χ3v) is 11.6. The zero-order valence-corrected chi connectivity index (χ0v) is 30.0. The predicted molar refractivity (Wildman–Crippen MR) is 218 cm³/mol. The molecule has 1 aliphatic carbocycles. The van der Waals surface area contributed by atoms with Gasteiger partial charge in [-0.05, 0) is 96.1 Å². The fraction of sp³-hybridized carbons (Fsp3) is 0.0204. The van der Waals surface area contributed by atoms with E-state index in [1.165, 1.54) is 0 Å². The van der Waals surface area contributed by atoms with Gasteiger partial charge < -0.3 is 14.0 Å². The smallest absolute Gasteiger partial charge is 0.156 e. The van der Waals surface area contributed by atoms with Gasteiger partial charge in [0.05, 0.1) is 73.9 Å². The number of para-hydroxylation sites is 6. The molecule has 0 radical (unpaired) electrons. The molecule has 0 atom stereocenters. The average molecular weight is 731 g/mol. The van der Waals surface area contributed by atoms with E-state index in [-0.39, 0.29) is 0 Å². The van der Waals surface area contributed by atoms with Crippen LogP contribution in [0.4, 0.5) is 17.1 Å². The number of ether oxygens (including phenoxy) is 2. The van der Waals surface area contributed by atoms with E-state index in [0.717, 1.165) is 89.7 Å². The number of fused-ring (bicyclic) bond motifs is 14. The molecule has 3 aliphatic rings. The Morgan fingerprint density at radius 3 is 1.53 bits per heavy atom. The van der Waals surface area contributed by atoms with Crippen LogP contribution < -0.4 is 14.4 Å². The van der Waals surface area contributed by atoms with Gasteiger partial charge in [-0.3, -0.25) is 14.9 Å². The maximum Gasteiger partial charge on any atom is 0.156 e. The quantitative estimate of drug-likeness (QED) is 0.174. The first kappa shape index (κ1) is 31.2. The van der Waals surface area contributed by atoms with Gasteiger partial charge in [-0.2, -0.15) is 10.5 Å². The van der Waals surface area contributed by atoms with E-state index in [0.29, 0.717) is 22.6 Å². The van der Waals surface area contributed by atoms with Gasteiger partial charge >= 0.3 is 0 Å². The third kappa shape index (κ3) is 4.03. The molecule has 0 amide bonds. The fourth-order valence-electron chi connectivity index (χ4n) is 9.36. The highest BCUT2D eigenvalue weighted by molar-refractivity contribution is 6.10. The molecule has 57 heavy (non-hydrogen) atoms. The maximum absolute atomic E-state index is 9.93. The Morgan fingerprint density at radius 2 is 0.965 bits per heavy atom. The highest BCUT2D eigenvalue weighted by Gasteiger charge is 2.54. The van der Waals surface area contributed by atoms with Crippen LogP contribution in [-0.4, -0.2) is 14.5 Å². The van der Waals surface area contributed by atoms with Crippen LogP contribution in [0.1, 0.15) is 33.4 Å². The van der Waals surface area contributed by atoms with E-state index < -0.39 is 5.41 Å². The lowest BCUT2D eigenvalue weighted by Crippen LogP contribution is -2.33. The molecule has 0 unspecified atom stereocenters. The second-order valence-corrected chi connectivity index (χ2v) is 14.4. The summed E-state index contributed by atoms with van der Waals surface area (Å²) in [5.41, 5.74) is 11.0. The Bertz CT molecular complexity index is 3150. The Kier molecular flexibility index (Phi) is 6.24. The molecule has 12 rings (SSSR count). The van der Waals surface area contributed by atoms with Gasteiger partial charge in [0, 0.05) is 34.3 Å². The van der Waals surface area contributed by atoms with Crippen molar-refractivity contribution in [1.29, 1.82) is 10.5 Å². The molecule has 3 aromatic heterocycles. The molecule has 1 spiro atoms. The topological polar surface area (TPSA) is 100.0 Å². The van der Waals surface area contributed by atoms with Gasteiger partial charge in [0.2, 0.25) is 0 Å². The molecule has 0 N–H and O–H groups in total. The van der Waals surface area contributed by atoms with Gasteiger partial charge in [-0.25, -0.2) is 0 Å². The monoisotopic (exact) mass is 730 g/mol. The number of pyridine rings is 2. The van der Waals surface area contributed by atoms with Crippen LogP contribution >= 0.6 is 0 Å². The molecular weight excluding hydrogens is 705 g/mol. The molecule has 9 aromatic rings. The highest BCUT2D eigenvalue weighted by Crippen LogP contribution is 2.65. The standard InChI is InChI=1S/C49H26N6O2/c50-27-29-19-21-37-31(25-29)32-26-30(28-51)20-22-38(32)54(37)41-15-5-9-35-47(41)57-48-36(49(35)33-11-7-23-52-45(33)46-34(49)12-8-24-53-46)10-6-16-42(48)55-39-13-1-3-17-43(39)56-44-18-4-2-14-40(44)55/h1-26H. The molecule has 0 saturated heterocycles. The van der Waals surface area contributed by atoms with E-state index in [2.05, 4.69) is 82.3 Å². The lowest BCUT2D eigenvalue weighted by atomic mass is 9.66. The minimum atomic E-state index is -0.867. The summed E-state index contributed by atoms with van der Waals surface area (Å²) in [7, 11) is 0. The van der Waals surface area contributed by atoms with E-state index >= 15 is 0 Å². The van der Waals surface area contributed by atoms with Crippen LogP contribution in [0.25, 0.3) is 38.9 Å². The lowest BCUT2D eigenvalue weighted by molar-refractivity contribution is 0.434. The molecule has 8 nitrogen and oxygen atoms in total. The van der Waals surface area contributed by atoms with Gasteiger partial charge in [0.15, 0.2) is 23.0 Å². The Balaban J connectivity index is 1.22. The van der Waals surface area contributed by atoms with Crippen molar-refractivity contribution in [1.82, 2.24) is 14.5 Å². The van der Waals surface area contributed by atoms with E-state index in [1.54, 1.807) is 0 Å². The molecule has 5 heterocycles. The molecule has 264 valence electrons. The molecule has 0 saturated carbocycles. The second kappa shape index (κ2) is 11.4. The molecular formula is C49H26N6O2. The van der Waals surface area contributed by atoms with Gasteiger partial charge in [0.1, 0.15) is 0 Å². The van der Waals surface area contributed by atoms with Crippen molar-refractivity contribution in [2.75, 3.05) is 4.90 Å². The first-order valence-corrected chi connectivity index (χ1v) is 18.6. The summed E-state index contributed by atoms with van der Waals surface area (Å²) in [5, 5.41) is 21.6. The first-order valence-electron chi connectivity index (χ1n) is 18.6. The van der Waals surface area contributed by atoms with Crippen molar-refractivity contribution in [3.8, 4) is 52.2 Å². The summed E-state index contributed by atoms with van der Waals surface area (Å²) in [6.45, 7) is 0. The van der Waals surface area contributed by atoms with Crippen LogP contribution in [0.5, 0.6) is 23.0 Å². The van der Waals surface area contributed by atoms with Gasteiger partial charge in [-0.15, -0.1) is 0 Å². The largest absolute Gasteiger partial charge is 0.453 e. The van der Waals surface area contributed by atoms with E-state index in [4.69, 9.17) is 19.4 Å². The summed E-state index contributed by atoms with van der Waals surface area (Å²) in [4.78, 5) is 12.2. The number of nitriles is 2. The van der Waals surface area contributed by atoms with Crippen LogP contribution in [0, 0.1) is 22.7 Å². The van der Waals surface area contributed by atoms with Crippen molar-refractivity contribution in [2.24, 2.45) is 0 Å². The number of hydrogen-bond donors (Lipinski definition) is 0. The van der Waals surface area contributed by atoms with E-state index in [1.807, 2.05) is 97.3 Å². The van der Waals surface area contributed by atoms with Crippen LogP contribution in [0.3, 0.4) is 0 Å². The Morgan fingerprint density at radius 1 is 0.474 bits per heavy atom. The van der Waals surface area contributed by atoms with Crippen molar-refractivity contribution < 1.29 is 9.47 Å². The number of benzene rings is 6. The van der Waals surface area contributed by atoms with Crippen LogP contribution in [0.2, 0.25) is 0 Å². The van der Waals surface area contributed by atoms with Gasteiger partial charge in [-0.1, -0.05) is 60.7 Å². The number of aromatic nitrogens is 3. The summed E-state index contributed by atoms with van der Waals surface area (Å²) < 4.78 is 16.1. The number of rotatable bonds is 2. The molecule has 0 fully saturated rings. The Labute approximate surface area is 326 Å². The van der Waals surface area contributed by atoms with Crippen molar-refractivity contribution in [3.05, 3.63) is 191 Å². The number of anilines is 3. The van der Waals surface area contributed by atoms with Crippen molar-refractivity contribution in [3.63, 3.8) is 0 Å². The minimum Gasteiger partial charge on any atom is -0.453 e. The average Bonchev–Trinajstić information content (AvgIpc) is 3.75. The minimum absolute atomic E-state index is 0.540. The van der Waals surface area contributed by atoms with Crippen LogP contribution in [0.15, 0.2) is 158 Å². The van der Waals surface area contributed by atoms with Crippen molar-refractivity contribution in [2.45, 2.75) is 5.41 Å². The first-order chi connectivity index (χ1) is 28.2. The molecule has 2 aliphatic heterocycles. The highest BCUT2D eigenvalue weighted by atomic mass is 16.5. The SMILES string of the molecule is N#Cc1ccc2c(c1)c1cc(C#N)ccc1n2-c1cccc2c1Oc1c(N3c4ccccc4Oc4ccccc43)cccc1C21c2cccnc2-c2ncccc21. The summed E-state index contributed by atoms with van der Waals surface area (Å²) in [6, 6.07) is 53.2. The normalized spacial score (nSPS) is 13.6. The predicted octanol–water partition coefficient (Wildman–Crippen LogP) is 11.4. The number of nitrogens with zero attached hydrogens (tertiary/aromatic N) is 6. The summed E-state index contributed by atoms with van der Waals surface area (Å²) in [6.07, 6.45) is 3.66. The zero-order chi connectivity index (χ0) is 37.8. The summed E-state index contributed by atoms with van der Waals surface area (Å²) >= 11 is 0. The fourth-order valence-corrected chi connectivity index (χ4v) is 9.36. The Hall–Kier alpha value is -8.20. The molecule has 6 aromatic carbocycles. The zero-order valence-electron chi connectivity index (χ0n) is 30.0. The molecule has 0 bridgehead atoms.